The van der Waals surface area contributed by atoms with E-state index in [0.717, 1.165) is 25.5 Å². The highest BCUT2D eigenvalue weighted by atomic mass is 15.2. The number of nitrogens with one attached hydrogen (secondary N) is 1. The van der Waals surface area contributed by atoms with Gasteiger partial charge in [-0.25, -0.2) is 4.98 Å². The molecular weight excluding hydrogens is 234 g/mol. The van der Waals surface area contributed by atoms with Crippen LogP contribution in [-0.2, 0) is 6.54 Å². The van der Waals surface area contributed by atoms with Crippen LogP contribution in [0.25, 0.3) is 0 Å². The molecule has 0 amide bonds. The molecule has 1 unspecified atom stereocenters. The molecule has 1 fully saturated rings. The summed E-state index contributed by atoms with van der Waals surface area (Å²) in [6, 6.07) is 5.02. The molecule has 0 bridgehead atoms. The Morgan fingerprint density at radius 2 is 2.21 bits per heavy atom. The lowest BCUT2D eigenvalue weighted by molar-refractivity contribution is 0.610. The molecule has 1 saturated heterocycles. The molecule has 2 rings (SSSR count). The molecule has 3 nitrogen and oxygen atoms in total. The minimum Gasteiger partial charge on any atom is -0.354 e. The van der Waals surface area contributed by atoms with Crippen LogP contribution in [0, 0.1) is 0 Å². The predicted molar refractivity (Wildman–Crippen MR) is 81.5 cm³/mol. The van der Waals surface area contributed by atoms with Crippen LogP contribution in [0.15, 0.2) is 18.3 Å². The number of rotatable bonds is 5. The van der Waals surface area contributed by atoms with Crippen LogP contribution in [0.1, 0.15) is 51.5 Å². The van der Waals surface area contributed by atoms with E-state index in [0.29, 0.717) is 6.04 Å². The van der Waals surface area contributed by atoms with Crippen molar-refractivity contribution in [1.29, 1.82) is 0 Å². The summed E-state index contributed by atoms with van der Waals surface area (Å²) in [6.07, 6.45) is 8.51. The molecule has 106 valence electrons. The van der Waals surface area contributed by atoms with Gasteiger partial charge in [-0.05, 0) is 44.4 Å². The van der Waals surface area contributed by atoms with Gasteiger partial charge in [-0.2, -0.15) is 0 Å². The smallest absolute Gasteiger partial charge is 0.128 e. The number of pyridine rings is 1. The lowest BCUT2D eigenvalue weighted by Crippen LogP contribution is -2.33. The van der Waals surface area contributed by atoms with E-state index in [9.17, 15) is 0 Å². The number of anilines is 1. The third kappa shape index (κ3) is 4.20. The zero-order chi connectivity index (χ0) is 13.5. The molecule has 1 aliphatic rings. The van der Waals surface area contributed by atoms with Crippen molar-refractivity contribution in [2.45, 2.75) is 58.5 Å². The standard InChI is InChI=1S/C16H27N3/c1-3-10-17-12-15-8-9-16(18-13-15)19-11-6-4-5-7-14(19)2/h8-9,13-14,17H,3-7,10-12H2,1-2H3. The van der Waals surface area contributed by atoms with E-state index in [4.69, 9.17) is 0 Å². The van der Waals surface area contributed by atoms with Gasteiger partial charge < -0.3 is 10.2 Å². The van der Waals surface area contributed by atoms with Crippen LogP contribution in [0.2, 0.25) is 0 Å². The fourth-order valence-corrected chi connectivity index (χ4v) is 2.72. The third-order valence-corrected chi connectivity index (χ3v) is 3.91. The summed E-state index contributed by atoms with van der Waals surface area (Å²) in [6.45, 7) is 7.67. The van der Waals surface area contributed by atoms with Crippen LogP contribution in [-0.4, -0.2) is 24.1 Å². The summed E-state index contributed by atoms with van der Waals surface area (Å²) < 4.78 is 0. The topological polar surface area (TPSA) is 28.2 Å². The summed E-state index contributed by atoms with van der Waals surface area (Å²) >= 11 is 0. The fourth-order valence-electron chi connectivity index (χ4n) is 2.72. The molecule has 1 atom stereocenters. The summed E-state index contributed by atoms with van der Waals surface area (Å²) in [5, 5.41) is 3.42. The maximum Gasteiger partial charge on any atom is 0.128 e. The first-order valence-electron chi connectivity index (χ1n) is 7.73. The van der Waals surface area contributed by atoms with E-state index in [-0.39, 0.29) is 0 Å². The highest BCUT2D eigenvalue weighted by molar-refractivity contribution is 5.40. The van der Waals surface area contributed by atoms with Gasteiger partial charge in [-0.3, -0.25) is 0 Å². The van der Waals surface area contributed by atoms with E-state index >= 15 is 0 Å². The Balaban J connectivity index is 1.96. The normalized spacial score (nSPS) is 20.3. The molecule has 2 heterocycles. The molecule has 0 radical (unpaired) electrons. The highest BCUT2D eigenvalue weighted by Crippen LogP contribution is 2.22. The van der Waals surface area contributed by atoms with Gasteiger partial charge in [-0.15, -0.1) is 0 Å². The zero-order valence-electron chi connectivity index (χ0n) is 12.4. The Labute approximate surface area is 117 Å². The lowest BCUT2D eigenvalue weighted by Gasteiger charge is -2.28. The third-order valence-electron chi connectivity index (χ3n) is 3.91. The molecule has 1 N–H and O–H groups in total. The Morgan fingerprint density at radius 1 is 1.32 bits per heavy atom. The molecular formula is C16H27N3. The molecule has 1 aromatic rings. The molecule has 0 spiro atoms. The molecule has 0 aromatic carbocycles. The quantitative estimate of drug-likeness (QED) is 0.824. The van der Waals surface area contributed by atoms with Crippen molar-refractivity contribution in [1.82, 2.24) is 10.3 Å². The number of hydrogen-bond acceptors (Lipinski definition) is 3. The van der Waals surface area contributed by atoms with Crippen LogP contribution in [0.4, 0.5) is 5.82 Å². The monoisotopic (exact) mass is 261 g/mol. The van der Waals surface area contributed by atoms with Gasteiger partial charge in [0.05, 0.1) is 0 Å². The molecule has 1 aliphatic heterocycles. The SMILES string of the molecule is CCCNCc1ccc(N2CCCCCC2C)nc1. The minimum atomic E-state index is 0.624. The summed E-state index contributed by atoms with van der Waals surface area (Å²) in [5.74, 6) is 1.15. The lowest BCUT2D eigenvalue weighted by atomic mass is 10.1. The maximum atomic E-state index is 4.66. The van der Waals surface area contributed by atoms with E-state index in [1.54, 1.807) is 0 Å². The van der Waals surface area contributed by atoms with Gasteiger partial charge in [-0.1, -0.05) is 25.8 Å². The van der Waals surface area contributed by atoms with Crippen molar-refractivity contribution in [3.63, 3.8) is 0 Å². The van der Waals surface area contributed by atoms with Gasteiger partial charge in [0.1, 0.15) is 5.82 Å². The van der Waals surface area contributed by atoms with Crippen molar-refractivity contribution in [2.24, 2.45) is 0 Å². The number of aromatic nitrogens is 1. The fraction of sp³-hybridized carbons (Fsp3) is 0.688. The second kappa shape index (κ2) is 7.49. The van der Waals surface area contributed by atoms with Gasteiger partial charge in [0, 0.05) is 25.3 Å². The van der Waals surface area contributed by atoms with E-state index in [2.05, 4.69) is 41.2 Å². The molecule has 1 aromatic heterocycles. The van der Waals surface area contributed by atoms with Crippen molar-refractivity contribution in [3.05, 3.63) is 23.9 Å². The minimum absolute atomic E-state index is 0.624. The van der Waals surface area contributed by atoms with Gasteiger partial charge in [0.2, 0.25) is 0 Å². The van der Waals surface area contributed by atoms with Crippen molar-refractivity contribution < 1.29 is 0 Å². The Kier molecular flexibility index (Phi) is 5.64. The maximum absolute atomic E-state index is 4.66. The van der Waals surface area contributed by atoms with Crippen LogP contribution in [0.5, 0.6) is 0 Å². The molecule has 0 aliphatic carbocycles. The zero-order valence-corrected chi connectivity index (χ0v) is 12.4. The van der Waals surface area contributed by atoms with Crippen molar-refractivity contribution >= 4 is 5.82 Å². The van der Waals surface area contributed by atoms with Gasteiger partial charge in [0.15, 0.2) is 0 Å². The Morgan fingerprint density at radius 3 is 2.95 bits per heavy atom. The summed E-state index contributed by atoms with van der Waals surface area (Å²) in [4.78, 5) is 7.13. The molecule has 19 heavy (non-hydrogen) atoms. The average molecular weight is 261 g/mol. The largest absolute Gasteiger partial charge is 0.354 e. The highest BCUT2D eigenvalue weighted by Gasteiger charge is 2.17. The van der Waals surface area contributed by atoms with Crippen molar-refractivity contribution in [2.75, 3.05) is 18.0 Å². The van der Waals surface area contributed by atoms with Crippen LogP contribution < -0.4 is 10.2 Å². The second-order valence-electron chi connectivity index (χ2n) is 5.59. The molecule has 0 saturated carbocycles. The Hall–Kier alpha value is -1.09. The predicted octanol–water partition coefficient (Wildman–Crippen LogP) is 3.35. The van der Waals surface area contributed by atoms with E-state index in [1.165, 1.54) is 37.7 Å². The molecule has 3 heteroatoms. The van der Waals surface area contributed by atoms with E-state index in [1.807, 2.05) is 6.20 Å². The number of hydrogen-bond donors (Lipinski definition) is 1. The van der Waals surface area contributed by atoms with E-state index < -0.39 is 0 Å². The Bertz CT molecular complexity index is 361. The first kappa shape index (κ1) is 14.3. The van der Waals surface area contributed by atoms with Gasteiger partial charge >= 0.3 is 0 Å². The second-order valence-corrected chi connectivity index (χ2v) is 5.59. The van der Waals surface area contributed by atoms with Gasteiger partial charge in [0.25, 0.3) is 0 Å². The van der Waals surface area contributed by atoms with Crippen molar-refractivity contribution in [3.8, 4) is 0 Å². The first-order chi connectivity index (χ1) is 9.31. The van der Waals surface area contributed by atoms with Crippen LogP contribution in [0.3, 0.4) is 0 Å². The number of nitrogens with zero attached hydrogens (tertiary/aromatic N) is 2. The average Bonchev–Trinajstić information content (AvgIpc) is 2.65. The summed E-state index contributed by atoms with van der Waals surface area (Å²) in [7, 11) is 0. The summed E-state index contributed by atoms with van der Waals surface area (Å²) in [5.41, 5.74) is 1.28. The van der Waals surface area contributed by atoms with Crippen LogP contribution >= 0.6 is 0 Å². The first-order valence-corrected chi connectivity index (χ1v) is 7.73.